The molecule has 0 aromatic carbocycles. The molecule has 1 fully saturated rings. The minimum absolute atomic E-state index is 0.242. The Morgan fingerprint density at radius 2 is 1.16 bits per heavy atom. The molecule has 1 saturated carbocycles. The zero-order valence-corrected chi connectivity index (χ0v) is 30.8. The van der Waals surface area contributed by atoms with Gasteiger partial charge in [-0.25, -0.2) is 4.57 Å². The van der Waals surface area contributed by atoms with Crippen LogP contribution < -0.4 is 5.32 Å². The summed E-state index contributed by atoms with van der Waals surface area (Å²) in [5.74, 6) is -0.582. The molecule has 0 aliphatic heterocycles. The highest BCUT2D eigenvalue weighted by Gasteiger charge is 2.51. The fourth-order valence-corrected chi connectivity index (χ4v) is 6.92. The average molecular weight is 726 g/mol. The van der Waals surface area contributed by atoms with Crippen LogP contribution in [0.3, 0.4) is 0 Å². The summed E-state index contributed by atoms with van der Waals surface area (Å²) in [6.07, 6.45) is 8.90. The maximum atomic E-state index is 12.8. The molecule has 0 bridgehead atoms. The summed E-state index contributed by atoms with van der Waals surface area (Å²) in [6, 6.07) is -1.16. The molecule has 290 valence electrons. The molecule has 49 heavy (non-hydrogen) atoms. The van der Waals surface area contributed by atoms with E-state index >= 15 is 0 Å². The van der Waals surface area contributed by atoms with Crippen LogP contribution in [0.5, 0.6) is 0 Å². The number of amides is 1. The van der Waals surface area contributed by atoms with Crippen LogP contribution in [0.2, 0.25) is 0 Å². The van der Waals surface area contributed by atoms with Crippen LogP contribution in [0.4, 0.5) is 0 Å². The second-order valence-electron chi connectivity index (χ2n) is 13.6. The molecule has 1 aliphatic rings. The van der Waals surface area contributed by atoms with Gasteiger partial charge in [0.1, 0.15) is 36.6 Å². The van der Waals surface area contributed by atoms with Crippen LogP contribution in [0.1, 0.15) is 142 Å². The van der Waals surface area contributed by atoms with Crippen LogP contribution in [0.15, 0.2) is 12.2 Å². The van der Waals surface area contributed by atoms with Crippen molar-refractivity contribution in [3.63, 3.8) is 0 Å². The minimum Gasteiger partial charge on any atom is -0.393 e. The first-order valence-corrected chi connectivity index (χ1v) is 20.2. The van der Waals surface area contributed by atoms with E-state index in [0.717, 1.165) is 51.4 Å². The maximum Gasteiger partial charge on any atom is 0.472 e. The first-order chi connectivity index (χ1) is 23.3. The summed E-state index contributed by atoms with van der Waals surface area (Å²) in [7, 11) is -5.10. The lowest BCUT2D eigenvalue weighted by molar-refractivity contribution is -0.220. The van der Waals surface area contributed by atoms with Crippen LogP contribution in [-0.4, -0.2) is 108 Å². The van der Waals surface area contributed by atoms with Gasteiger partial charge in [0.05, 0.1) is 31.3 Å². The molecule has 1 rings (SSSR count). The third-order valence-corrected chi connectivity index (χ3v) is 10.1. The summed E-state index contributed by atoms with van der Waals surface area (Å²) < 4.78 is 22.7. The quantitative estimate of drug-likeness (QED) is 0.0304. The van der Waals surface area contributed by atoms with Crippen molar-refractivity contribution in [2.75, 3.05) is 6.61 Å². The standard InChI is InChI=1S/C35H68NO12P/c1-3-5-7-9-11-13-14-15-16-18-20-22-26(37)24-29(39)36-27(28(38)23-21-19-17-12-10-8-6-4-2)25-47-49(45,46)48-35-33(43)31(41)30(40)32(42)34(35)44/h15-16,26-28,30-35,37-38,40-44H,3-14,17-25H2,1-2H3,(H,36,39)(H,45,46)/b16-15-. The number of rotatable bonds is 29. The van der Waals surface area contributed by atoms with Crippen molar-refractivity contribution in [1.82, 2.24) is 5.32 Å². The lowest BCUT2D eigenvalue weighted by Crippen LogP contribution is -2.64. The van der Waals surface area contributed by atoms with E-state index in [1.165, 1.54) is 44.9 Å². The zero-order chi connectivity index (χ0) is 36.7. The third-order valence-electron chi connectivity index (χ3n) is 9.13. The zero-order valence-electron chi connectivity index (χ0n) is 29.9. The monoisotopic (exact) mass is 725 g/mol. The highest BCUT2D eigenvalue weighted by Crippen LogP contribution is 2.47. The summed E-state index contributed by atoms with van der Waals surface area (Å²) in [5, 5.41) is 73.9. The van der Waals surface area contributed by atoms with Gasteiger partial charge in [0.15, 0.2) is 0 Å². The van der Waals surface area contributed by atoms with Crippen LogP contribution >= 0.6 is 7.82 Å². The van der Waals surface area contributed by atoms with Gasteiger partial charge >= 0.3 is 7.82 Å². The topological polar surface area (TPSA) is 226 Å². The highest BCUT2D eigenvalue weighted by atomic mass is 31.2. The number of hydrogen-bond acceptors (Lipinski definition) is 11. The number of phosphoric ester groups is 1. The highest BCUT2D eigenvalue weighted by molar-refractivity contribution is 7.47. The molecule has 0 aromatic heterocycles. The van der Waals surface area contributed by atoms with Gasteiger partial charge in [-0.1, -0.05) is 109 Å². The molecule has 0 radical (unpaired) electrons. The Bertz CT molecular complexity index is 911. The fraction of sp³-hybridized carbons (Fsp3) is 0.914. The molecule has 0 saturated heterocycles. The molecule has 8 unspecified atom stereocenters. The molecule has 9 N–H and O–H groups in total. The van der Waals surface area contributed by atoms with E-state index in [1.54, 1.807) is 0 Å². The van der Waals surface area contributed by atoms with E-state index in [4.69, 9.17) is 9.05 Å². The average Bonchev–Trinajstić information content (AvgIpc) is 3.06. The second-order valence-corrected chi connectivity index (χ2v) is 15.0. The molecule has 0 spiro atoms. The van der Waals surface area contributed by atoms with Crippen molar-refractivity contribution < 1.29 is 59.0 Å². The van der Waals surface area contributed by atoms with Crippen LogP contribution in [-0.2, 0) is 18.4 Å². The van der Waals surface area contributed by atoms with E-state index in [0.29, 0.717) is 19.3 Å². The third kappa shape index (κ3) is 20.0. The fourth-order valence-electron chi connectivity index (χ4n) is 5.95. The number of nitrogens with one attached hydrogen (secondary N) is 1. The lowest BCUT2D eigenvalue weighted by atomic mass is 9.85. The van der Waals surface area contributed by atoms with E-state index in [-0.39, 0.29) is 12.8 Å². The van der Waals surface area contributed by atoms with Gasteiger partial charge in [0.25, 0.3) is 0 Å². The van der Waals surface area contributed by atoms with Crippen molar-refractivity contribution >= 4 is 13.7 Å². The Morgan fingerprint density at radius 1 is 0.694 bits per heavy atom. The van der Waals surface area contributed by atoms with Gasteiger partial charge in [-0.15, -0.1) is 0 Å². The minimum atomic E-state index is -5.10. The maximum absolute atomic E-state index is 12.8. The number of carbonyl (C=O) groups is 1. The second kappa shape index (κ2) is 26.8. The number of hydrogen-bond donors (Lipinski definition) is 9. The molecule has 1 aliphatic carbocycles. The van der Waals surface area contributed by atoms with Gasteiger partial charge in [0, 0.05) is 0 Å². The Balaban J connectivity index is 2.65. The molecule has 0 aromatic rings. The number of unbranched alkanes of at least 4 members (excludes halogenated alkanes) is 14. The van der Waals surface area contributed by atoms with Crippen molar-refractivity contribution in [3.8, 4) is 0 Å². The molecule has 14 heteroatoms. The summed E-state index contributed by atoms with van der Waals surface area (Å²) in [5.41, 5.74) is 0. The Morgan fingerprint density at radius 3 is 1.71 bits per heavy atom. The lowest BCUT2D eigenvalue weighted by Gasteiger charge is -2.41. The van der Waals surface area contributed by atoms with Gasteiger partial charge in [0.2, 0.25) is 5.91 Å². The molecular formula is C35H68NO12P. The molecule has 0 heterocycles. The van der Waals surface area contributed by atoms with E-state index in [2.05, 4.69) is 31.3 Å². The summed E-state index contributed by atoms with van der Waals surface area (Å²) in [6.45, 7) is 3.67. The number of aliphatic hydroxyl groups is 7. The van der Waals surface area contributed by atoms with Crippen molar-refractivity contribution in [2.45, 2.75) is 197 Å². The van der Waals surface area contributed by atoms with Crippen molar-refractivity contribution in [3.05, 3.63) is 12.2 Å². The number of phosphoric acid groups is 1. The van der Waals surface area contributed by atoms with Crippen molar-refractivity contribution in [1.29, 1.82) is 0 Å². The van der Waals surface area contributed by atoms with Gasteiger partial charge in [-0.3, -0.25) is 13.8 Å². The predicted octanol–water partition coefficient (Wildman–Crippen LogP) is 3.91. The normalized spacial score (nSPS) is 26.0. The Labute approximate surface area is 293 Å². The van der Waals surface area contributed by atoms with E-state index < -0.39 is 75.2 Å². The van der Waals surface area contributed by atoms with Crippen molar-refractivity contribution in [2.24, 2.45) is 0 Å². The first-order valence-electron chi connectivity index (χ1n) is 18.7. The Hall–Kier alpha value is -0.960. The smallest absolute Gasteiger partial charge is 0.393 e. The van der Waals surface area contributed by atoms with Crippen LogP contribution in [0, 0.1) is 0 Å². The van der Waals surface area contributed by atoms with Gasteiger partial charge in [-0.2, -0.15) is 0 Å². The predicted molar refractivity (Wildman–Crippen MR) is 187 cm³/mol. The van der Waals surface area contributed by atoms with Gasteiger partial charge < -0.3 is 46.0 Å². The first kappa shape index (κ1) is 46.1. The van der Waals surface area contributed by atoms with Crippen LogP contribution in [0.25, 0.3) is 0 Å². The molecule has 8 atom stereocenters. The SMILES string of the molecule is CCCCCCCC/C=C\CCCC(O)CC(=O)NC(COP(=O)(O)OC1C(O)C(O)C(O)C(O)C1O)C(O)CCCCCCCCCC. The Kier molecular flexibility index (Phi) is 25.2. The molecule has 13 nitrogen and oxygen atoms in total. The van der Waals surface area contributed by atoms with E-state index in [9.17, 15) is 50.0 Å². The summed E-state index contributed by atoms with van der Waals surface area (Å²) >= 11 is 0. The molecular weight excluding hydrogens is 657 g/mol. The molecule has 1 amide bonds. The summed E-state index contributed by atoms with van der Waals surface area (Å²) in [4.78, 5) is 23.2. The number of aliphatic hydroxyl groups excluding tert-OH is 7. The largest absolute Gasteiger partial charge is 0.472 e. The number of carbonyl (C=O) groups excluding carboxylic acids is 1. The van der Waals surface area contributed by atoms with Gasteiger partial charge in [-0.05, 0) is 38.5 Å². The number of allylic oxidation sites excluding steroid dienone is 2. The van der Waals surface area contributed by atoms with E-state index in [1.807, 2.05) is 0 Å².